The van der Waals surface area contributed by atoms with Crippen LogP contribution >= 0.6 is 23.4 Å². The minimum Gasteiger partial charge on any atom is -0.480 e. The quantitative estimate of drug-likeness (QED) is 0.263. The van der Waals surface area contributed by atoms with E-state index in [0.717, 1.165) is 11.3 Å². The largest absolute Gasteiger partial charge is 0.480 e. The van der Waals surface area contributed by atoms with Crippen molar-refractivity contribution in [1.29, 1.82) is 0 Å². The van der Waals surface area contributed by atoms with Gasteiger partial charge in [-0.2, -0.15) is 0 Å². The molecule has 0 aliphatic carbocycles. The number of halogens is 1. The maximum Gasteiger partial charge on any atom is 0.333 e. The van der Waals surface area contributed by atoms with Crippen molar-refractivity contribution in [3.63, 3.8) is 0 Å². The molecular formula is C29H40ClN2O3S+. The summed E-state index contributed by atoms with van der Waals surface area (Å²) in [4.78, 5) is 25.3. The summed E-state index contributed by atoms with van der Waals surface area (Å²) in [6.07, 6.45) is 0.144. The topological polar surface area (TPSA) is 66.4 Å². The average molecular weight is 532 g/mol. The lowest BCUT2D eigenvalue weighted by Gasteiger charge is -2.48. The van der Waals surface area contributed by atoms with Gasteiger partial charge in [0.1, 0.15) is 12.1 Å². The first-order valence-electron chi connectivity index (χ1n) is 12.6. The molecule has 1 heterocycles. The maximum atomic E-state index is 12.9. The van der Waals surface area contributed by atoms with Crippen molar-refractivity contribution in [1.82, 2.24) is 10.0 Å². The second-order valence-corrected chi connectivity index (χ2v) is 13.9. The van der Waals surface area contributed by atoms with Crippen molar-refractivity contribution >= 4 is 40.8 Å². The molecule has 1 aliphatic heterocycles. The SMILES string of the molecule is CCC(=O)C(N[N+]1(Cc2ccc(Cl)cc2)c2ccc(C(C)C)cc2C(SC(C)(C)C)C1(C)C)C(=O)O. The number of quaternary nitrogens is 1. The zero-order valence-corrected chi connectivity index (χ0v) is 24.3. The van der Waals surface area contributed by atoms with Crippen molar-refractivity contribution in [2.24, 2.45) is 0 Å². The number of aliphatic carboxylic acids is 1. The number of carboxylic acid groups (broad SMARTS) is 1. The molecule has 2 N–H and O–H groups in total. The van der Waals surface area contributed by atoms with Gasteiger partial charge in [-0.05, 0) is 43.5 Å². The predicted octanol–water partition coefficient (Wildman–Crippen LogP) is 7.27. The van der Waals surface area contributed by atoms with Gasteiger partial charge in [0.25, 0.3) is 0 Å². The number of benzene rings is 2. The van der Waals surface area contributed by atoms with Crippen LogP contribution in [0.4, 0.5) is 5.69 Å². The summed E-state index contributed by atoms with van der Waals surface area (Å²) in [5, 5.41) is 10.8. The van der Waals surface area contributed by atoms with Crippen LogP contribution in [0.5, 0.6) is 0 Å². The number of fused-ring (bicyclic) bond motifs is 1. The maximum absolute atomic E-state index is 12.9. The zero-order valence-electron chi connectivity index (χ0n) is 22.7. The highest BCUT2D eigenvalue weighted by atomic mass is 35.5. The van der Waals surface area contributed by atoms with Gasteiger partial charge in [-0.15, -0.1) is 17.2 Å². The van der Waals surface area contributed by atoms with Gasteiger partial charge < -0.3 is 5.11 Å². The third kappa shape index (κ3) is 5.52. The summed E-state index contributed by atoms with van der Waals surface area (Å²) in [5.41, 5.74) is 7.37. The van der Waals surface area contributed by atoms with E-state index in [-0.39, 0.29) is 26.8 Å². The average Bonchev–Trinajstić information content (AvgIpc) is 2.95. The highest BCUT2D eigenvalue weighted by molar-refractivity contribution is 8.00. The van der Waals surface area contributed by atoms with E-state index < -0.39 is 17.6 Å². The van der Waals surface area contributed by atoms with Crippen LogP contribution in [0.25, 0.3) is 0 Å². The van der Waals surface area contributed by atoms with Gasteiger partial charge in [0, 0.05) is 33.4 Å². The van der Waals surface area contributed by atoms with Crippen LogP contribution in [0.1, 0.15) is 89.7 Å². The van der Waals surface area contributed by atoms with Crippen LogP contribution in [0.2, 0.25) is 5.02 Å². The Hall–Kier alpha value is -1.86. The smallest absolute Gasteiger partial charge is 0.333 e. The van der Waals surface area contributed by atoms with Crippen molar-refractivity contribution < 1.29 is 14.7 Å². The fraction of sp³-hybridized carbons (Fsp3) is 0.517. The fourth-order valence-electron chi connectivity index (χ4n) is 5.07. The number of rotatable bonds is 9. The molecule has 0 saturated heterocycles. The minimum absolute atomic E-state index is 0.0290. The molecule has 1 aliphatic rings. The van der Waals surface area contributed by atoms with Gasteiger partial charge in [-0.25, -0.2) is 9.39 Å². The van der Waals surface area contributed by atoms with Gasteiger partial charge >= 0.3 is 5.97 Å². The molecule has 2 aromatic rings. The lowest BCUT2D eigenvalue weighted by atomic mass is 9.94. The van der Waals surface area contributed by atoms with E-state index in [1.807, 2.05) is 36.0 Å². The molecular weight excluding hydrogens is 492 g/mol. The summed E-state index contributed by atoms with van der Waals surface area (Å²) in [6.45, 7) is 17.5. The zero-order chi connectivity index (χ0) is 27.1. The van der Waals surface area contributed by atoms with E-state index in [9.17, 15) is 14.7 Å². The number of hydrogen-bond acceptors (Lipinski definition) is 4. The first-order chi connectivity index (χ1) is 16.6. The molecule has 0 amide bonds. The summed E-state index contributed by atoms with van der Waals surface area (Å²) in [6, 6.07) is 12.9. The Morgan fingerprint density at radius 1 is 1.14 bits per heavy atom. The van der Waals surface area contributed by atoms with Crippen LogP contribution in [0, 0.1) is 0 Å². The molecule has 36 heavy (non-hydrogen) atoms. The van der Waals surface area contributed by atoms with Crippen molar-refractivity contribution in [2.75, 3.05) is 0 Å². The van der Waals surface area contributed by atoms with Gasteiger partial charge in [0.2, 0.25) is 6.04 Å². The van der Waals surface area contributed by atoms with Crippen LogP contribution in [-0.2, 0) is 16.1 Å². The lowest BCUT2D eigenvalue weighted by Crippen LogP contribution is -2.72. The second kappa shape index (κ2) is 10.5. The number of carbonyl (C=O) groups is 2. The second-order valence-electron chi connectivity index (χ2n) is 11.6. The van der Waals surface area contributed by atoms with Crippen molar-refractivity contribution in [2.45, 2.75) is 95.9 Å². The summed E-state index contributed by atoms with van der Waals surface area (Å²) >= 11 is 8.07. The molecule has 0 fully saturated rings. The van der Waals surface area contributed by atoms with Gasteiger partial charge in [0.15, 0.2) is 11.5 Å². The number of carboxylic acids is 1. The van der Waals surface area contributed by atoms with Crippen LogP contribution < -0.4 is 10.0 Å². The molecule has 3 rings (SSSR count). The normalized spacial score (nSPS) is 21.9. The number of nitrogens with zero attached hydrogens (tertiary/aromatic N) is 1. The summed E-state index contributed by atoms with van der Waals surface area (Å²) in [5.74, 6) is -1.13. The molecule has 196 valence electrons. The minimum atomic E-state index is -1.32. The molecule has 0 bridgehead atoms. The van der Waals surface area contributed by atoms with Crippen LogP contribution in [-0.4, -0.2) is 33.2 Å². The van der Waals surface area contributed by atoms with Gasteiger partial charge in [-0.3, -0.25) is 4.79 Å². The third-order valence-corrected chi connectivity index (χ3v) is 9.13. The lowest BCUT2D eigenvalue weighted by molar-refractivity contribution is -0.146. The first kappa shape index (κ1) is 28.7. The molecule has 0 saturated carbocycles. The van der Waals surface area contributed by atoms with Crippen molar-refractivity contribution in [3.05, 3.63) is 64.2 Å². The molecule has 0 radical (unpaired) electrons. The van der Waals surface area contributed by atoms with Crippen LogP contribution in [0.15, 0.2) is 42.5 Å². The number of ketones is 1. The number of nitrogens with one attached hydrogen (secondary N) is 1. The highest BCUT2D eigenvalue weighted by Gasteiger charge is 2.62. The standard InChI is InChI=1S/C29H39ClN2O3S/c1-9-24(33)25(27(34)35)31-32(17-19-10-13-21(30)14-11-19)23-15-12-20(18(2)3)16-22(23)26(29(32,7)8)36-28(4,5)6/h10-16,18,25-26,31H,9,17H2,1-8H3/p+1. The monoisotopic (exact) mass is 531 g/mol. The number of carbonyl (C=O) groups excluding carboxylic acids is 1. The Balaban J connectivity index is 2.32. The number of hydrogen-bond donors (Lipinski definition) is 2. The Morgan fingerprint density at radius 2 is 1.75 bits per heavy atom. The van der Waals surface area contributed by atoms with E-state index in [2.05, 4.69) is 72.1 Å². The summed E-state index contributed by atoms with van der Waals surface area (Å²) in [7, 11) is 0. The first-order valence-corrected chi connectivity index (χ1v) is 13.9. The van der Waals surface area contributed by atoms with Gasteiger partial charge in [-0.1, -0.05) is 71.3 Å². The Labute approximate surface area is 225 Å². The van der Waals surface area contributed by atoms with E-state index in [4.69, 9.17) is 11.6 Å². The van der Waals surface area contributed by atoms with Crippen LogP contribution in [0.3, 0.4) is 0 Å². The summed E-state index contributed by atoms with van der Waals surface area (Å²) < 4.78 is 0.123. The molecule has 0 spiro atoms. The van der Waals surface area contributed by atoms with Gasteiger partial charge in [0.05, 0.1) is 5.25 Å². The molecule has 7 heteroatoms. The highest BCUT2D eigenvalue weighted by Crippen LogP contribution is 2.59. The molecule has 5 nitrogen and oxygen atoms in total. The fourth-order valence-corrected chi connectivity index (χ4v) is 6.68. The molecule has 3 atom stereocenters. The number of thioether (sulfide) groups is 1. The number of Topliss-reactive ketones (excluding diaryl/α,β-unsaturated/α-hetero) is 1. The predicted molar refractivity (Wildman–Crippen MR) is 152 cm³/mol. The van der Waals surface area contributed by atoms with E-state index >= 15 is 0 Å². The third-order valence-electron chi connectivity index (χ3n) is 7.11. The Morgan fingerprint density at radius 3 is 2.25 bits per heavy atom. The van der Waals surface area contributed by atoms with Crippen molar-refractivity contribution in [3.8, 4) is 0 Å². The Bertz CT molecular complexity index is 1120. The molecule has 3 unspecified atom stereocenters. The molecule has 0 aromatic heterocycles. The Kier molecular flexibility index (Phi) is 8.36. The molecule has 2 aromatic carbocycles. The van der Waals surface area contributed by atoms with E-state index in [1.54, 1.807) is 6.92 Å². The van der Waals surface area contributed by atoms with E-state index in [0.29, 0.717) is 17.5 Å². The van der Waals surface area contributed by atoms with E-state index in [1.165, 1.54) is 11.1 Å².